The van der Waals surface area contributed by atoms with Gasteiger partial charge in [-0.25, -0.2) is 0 Å². The van der Waals surface area contributed by atoms with Gasteiger partial charge in [-0.05, 0) is 49.7 Å². The number of anilines is 1. The summed E-state index contributed by atoms with van der Waals surface area (Å²) in [6.07, 6.45) is 9.00. The minimum atomic E-state index is 0.544. The van der Waals surface area contributed by atoms with Gasteiger partial charge in [0.15, 0.2) is 0 Å². The molecule has 1 aromatic heterocycles. The van der Waals surface area contributed by atoms with Crippen molar-refractivity contribution in [2.75, 3.05) is 5.32 Å². The fourth-order valence-electron chi connectivity index (χ4n) is 2.38. The molecule has 2 nitrogen and oxygen atoms in total. The Labute approximate surface area is 98.5 Å². The molecule has 2 heteroatoms. The maximum Gasteiger partial charge on any atom is 0.0558 e. The molecular formula is C14H22N2. The lowest BCUT2D eigenvalue weighted by Crippen LogP contribution is -2.30. The van der Waals surface area contributed by atoms with E-state index in [1.807, 2.05) is 12.4 Å². The lowest BCUT2D eigenvalue weighted by Gasteiger charge is -2.35. The van der Waals surface area contributed by atoms with Crippen molar-refractivity contribution in [2.45, 2.75) is 52.5 Å². The molecule has 1 N–H and O–H groups in total. The van der Waals surface area contributed by atoms with E-state index in [2.05, 4.69) is 37.1 Å². The van der Waals surface area contributed by atoms with E-state index in [1.165, 1.54) is 36.9 Å². The molecule has 1 saturated carbocycles. The summed E-state index contributed by atoms with van der Waals surface area (Å²) >= 11 is 0. The molecule has 0 aliphatic heterocycles. The molecule has 0 bridgehead atoms. The van der Waals surface area contributed by atoms with Crippen LogP contribution in [-0.4, -0.2) is 11.0 Å². The van der Waals surface area contributed by atoms with Crippen LogP contribution in [0.25, 0.3) is 0 Å². The summed E-state index contributed by atoms with van der Waals surface area (Å²) in [6.45, 7) is 6.88. The van der Waals surface area contributed by atoms with Gasteiger partial charge in [0.1, 0.15) is 0 Å². The average Bonchev–Trinajstić information content (AvgIpc) is 2.24. The standard InChI is InChI=1S/C14H22N2/c1-11-6-9-15-10-13(11)16-12-4-7-14(2,3)8-5-12/h6,9-10,12,16H,4-5,7-8H2,1-3H3. The summed E-state index contributed by atoms with van der Waals surface area (Å²) < 4.78 is 0. The molecule has 88 valence electrons. The SMILES string of the molecule is Cc1ccncc1NC1CCC(C)(C)CC1. The lowest BCUT2D eigenvalue weighted by atomic mass is 9.75. The molecule has 1 fully saturated rings. The number of aromatic nitrogens is 1. The van der Waals surface area contributed by atoms with Crippen LogP contribution < -0.4 is 5.32 Å². The minimum absolute atomic E-state index is 0.544. The molecule has 0 unspecified atom stereocenters. The first-order valence-electron chi connectivity index (χ1n) is 6.24. The van der Waals surface area contributed by atoms with Crippen LogP contribution in [0.2, 0.25) is 0 Å². The second-order valence-electron chi connectivity index (χ2n) is 5.77. The molecule has 16 heavy (non-hydrogen) atoms. The normalized spacial score (nSPS) is 20.7. The molecule has 0 saturated heterocycles. The van der Waals surface area contributed by atoms with Crippen molar-refractivity contribution in [3.8, 4) is 0 Å². The quantitative estimate of drug-likeness (QED) is 0.817. The molecule has 1 aliphatic carbocycles. The molecule has 0 atom stereocenters. The van der Waals surface area contributed by atoms with E-state index in [4.69, 9.17) is 0 Å². The van der Waals surface area contributed by atoms with Crippen molar-refractivity contribution < 1.29 is 0 Å². The Morgan fingerprint density at radius 3 is 2.62 bits per heavy atom. The Bertz CT molecular complexity index is 348. The Hall–Kier alpha value is -1.05. The van der Waals surface area contributed by atoms with Gasteiger partial charge in [0.05, 0.1) is 11.9 Å². The third kappa shape index (κ3) is 2.75. The van der Waals surface area contributed by atoms with E-state index >= 15 is 0 Å². The van der Waals surface area contributed by atoms with Crippen molar-refractivity contribution in [1.82, 2.24) is 4.98 Å². The van der Waals surface area contributed by atoms with Crippen molar-refractivity contribution in [3.63, 3.8) is 0 Å². The Morgan fingerprint density at radius 1 is 1.31 bits per heavy atom. The summed E-state index contributed by atoms with van der Waals surface area (Å²) in [5.41, 5.74) is 3.04. The van der Waals surface area contributed by atoms with Gasteiger partial charge in [0, 0.05) is 12.2 Å². The van der Waals surface area contributed by atoms with Gasteiger partial charge in [-0.1, -0.05) is 13.8 Å². The first kappa shape index (κ1) is 11.4. The molecule has 0 amide bonds. The number of aryl methyl sites for hydroxylation is 1. The number of nitrogens with one attached hydrogen (secondary N) is 1. The largest absolute Gasteiger partial charge is 0.381 e. The Morgan fingerprint density at radius 2 is 2.00 bits per heavy atom. The van der Waals surface area contributed by atoms with Crippen LogP contribution in [0.3, 0.4) is 0 Å². The molecule has 0 radical (unpaired) electrons. The number of hydrogen-bond donors (Lipinski definition) is 1. The summed E-state index contributed by atoms with van der Waals surface area (Å²) in [4.78, 5) is 4.18. The lowest BCUT2D eigenvalue weighted by molar-refractivity contribution is 0.232. The zero-order valence-corrected chi connectivity index (χ0v) is 10.6. The highest BCUT2D eigenvalue weighted by Crippen LogP contribution is 2.36. The van der Waals surface area contributed by atoms with Gasteiger partial charge in [-0.3, -0.25) is 4.98 Å². The van der Waals surface area contributed by atoms with Gasteiger partial charge < -0.3 is 5.32 Å². The van der Waals surface area contributed by atoms with Crippen LogP contribution in [0, 0.1) is 12.3 Å². The molecule has 1 aromatic rings. The minimum Gasteiger partial charge on any atom is -0.381 e. The number of hydrogen-bond acceptors (Lipinski definition) is 2. The molecule has 1 heterocycles. The summed E-state index contributed by atoms with van der Waals surface area (Å²) in [7, 11) is 0. The Balaban J connectivity index is 1.95. The second kappa shape index (κ2) is 4.44. The third-order valence-electron chi connectivity index (χ3n) is 3.74. The van der Waals surface area contributed by atoms with Gasteiger partial charge in [0.2, 0.25) is 0 Å². The van der Waals surface area contributed by atoms with Crippen LogP contribution in [0.4, 0.5) is 5.69 Å². The first-order valence-corrected chi connectivity index (χ1v) is 6.24. The highest BCUT2D eigenvalue weighted by molar-refractivity contribution is 5.48. The first-order chi connectivity index (χ1) is 7.57. The van der Waals surface area contributed by atoms with E-state index in [-0.39, 0.29) is 0 Å². The van der Waals surface area contributed by atoms with E-state index in [0.717, 1.165) is 0 Å². The third-order valence-corrected chi connectivity index (χ3v) is 3.74. The van der Waals surface area contributed by atoms with E-state index in [9.17, 15) is 0 Å². The van der Waals surface area contributed by atoms with Crippen LogP contribution >= 0.6 is 0 Å². The topological polar surface area (TPSA) is 24.9 Å². The maximum absolute atomic E-state index is 4.18. The predicted molar refractivity (Wildman–Crippen MR) is 68.6 cm³/mol. The number of nitrogens with zero attached hydrogens (tertiary/aromatic N) is 1. The van der Waals surface area contributed by atoms with Crippen LogP contribution in [0.5, 0.6) is 0 Å². The summed E-state index contributed by atoms with van der Waals surface area (Å²) in [6, 6.07) is 2.70. The molecule has 0 aromatic carbocycles. The average molecular weight is 218 g/mol. The monoisotopic (exact) mass is 218 g/mol. The smallest absolute Gasteiger partial charge is 0.0558 e. The Kier molecular flexibility index (Phi) is 3.17. The fraction of sp³-hybridized carbons (Fsp3) is 0.643. The highest BCUT2D eigenvalue weighted by Gasteiger charge is 2.26. The van der Waals surface area contributed by atoms with Crippen LogP contribution in [0.1, 0.15) is 45.1 Å². The van der Waals surface area contributed by atoms with Crippen LogP contribution in [-0.2, 0) is 0 Å². The predicted octanol–water partition coefficient (Wildman–Crippen LogP) is 3.77. The van der Waals surface area contributed by atoms with Crippen molar-refractivity contribution in [2.24, 2.45) is 5.41 Å². The number of pyridine rings is 1. The van der Waals surface area contributed by atoms with Crippen molar-refractivity contribution >= 4 is 5.69 Å². The molecular weight excluding hydrogens is 196 g/mol. The van der Waals surface area contributed by atoms with Crippen LogP contribution in [0.15, 0.2) is 18.5 Å². The molecule has 1 aliphatic rings. The summed E-state index contributed by atoms with van der Waals surface area (Å²) in [5, 5.41) is 3.62. The molecule has 2 rings (SSSR count). The highest BCUT2D eigenvalue weighted by atomic mass is 14.9. The van der Waals surface area contributed by atoms with E-state index in [0.29, 0.717) is 11.5 Å². The molecule has 0 spiro atoms. The van der Waals surface area contributed by atoms with E-state index in [1.54, 1.807) is 0 Å². The van der Waals surface area contributed by atoms with E-state index < -0.39 is 0 Å². The zero-order valence-electron chi connectivity index (χ0n) is 10.6. The van der Waals surface area contributed by atoms with Crippen molar-refractivity contribution in [1.29, 1.82) is 0 Å². The second-order valence-corrected chi connectivity index (χ2v) is 5.77. The van der Waals surface area contributed by atoms with Gasteiger partial charge >= 0.3 is 0 Å². The summed E-state index contributed by atoms with van der Waals surface area (Å²) in [5.74, 6) is 0. The van der Waals surface area contributed by atoms with Gasteiger partial charge in [-0.15, -0.1) is 0 Å². The zero-order chi connectivity index (χ0) is 11.6. The van der Waals surface area contributed by atoms with Gasteiger partial charge in [-0.2, -0.15) is 0 Å². The number of rotatable bonds is 2. The van der Waals surface area contributed by atoms with Gasteiger partial charge in [0.25, 0.3) is 0 Å². The van der Waals surface area contributed by atoms with Crippen molar-refractivity contribution in [3.05, 3.63) is 24.0 Å². The fourth-order valence-corrected chi connectivity index (χ4v) is 2.38. The maximum atomic E-state index is 4.18.